The molecule has 2 atom stereocenters. The normalized spacial score (nSPS) is 21.0. The zero-order valence-corrected chi connectivity index (χ0v) is 13.8. The van der Waals surface area contributed by atoms with Crippen molar-refractivity contribution in [3.05, 3.63) is 52.8 Å². The van der Waals surface area contributed by atoms with Gasteiger partial charge in [0, 0.05) is 17.7 Å². The second kappa shape index (κ2) is 5.71. The maximum atomic E-state index is 12.7. The molecule has 2 aromatic rings. The second-order valence-corrected chi connectivity index (χ2v) is 6.91. The predicted octanol–water partition coefficient (Wildman–Crippen LogP) is 4.52. The van der Waals surface area contributed by atoms with Crippen molar-refractivity contribution < 1.29 is 4.79 Å². The molecule has 1 aliphatic carbocycles. The highest BCUT2D eigenvalue weighted by atomic mass is 16.2. The zero-order chi connectivity index (χ0) is 15.9. The molecule has 1 aliphatic rings. The summed E-state index contributed by atoms with van der Waals surface area (Å²) in [4.78, 5) is 12.7. The Morgan fingerprint density at radius 3 is 2.55 bits per heavy atom. The number of fused-ring (bicyclic) bond motifs is 1. The number of hydrogen-bond acceptors (Lipinski definition) is 2. The van der Waals surface area contributed by atoms with Gasteiger partial charge < -0.3 is 0 Å². The van der Waals surface area contributed by atoms with Crippen molar-refractivity contribution in [3.63, 3.8) is 0 Å². The molecule has 22 heavy (non-hydrogen) atoms. The van der Waals surface area contributed by atoms with E-state index in [1.54, 1.807) is 4.68 Å². The van der Waals surface area contributed by atoms with E-state index in [2.05, 4.69) is 25.9 Å². The van der Waals surface area contributed by atoms with E-state index in [9.17, 15) is 4.79 Å². The van der Waals surface area contributed by atoms with Crippen LogP contribution in [-0.2, 0) is 0 Å². The summed E-state index contributed by atoms with van der Waals surface area (Å²) in [5.74, 6) is 1.48. The van der Waals surface area contributed by atoms with Gasteiger partial charge in [-0.05, 0) is 49.3 Å². The Morgan fingerprint density at radius 1 is 1.23 bits per heavy atom. The van der Waals surface area contributed by atoms with Crippen LogP contribution in [0.3, 0.4) is 0 Å². The molecule has 1 aromatic carbocycles. The molecule has 1 heterocycles. The van der Waals surface area contributed by atoms with Gasteiger partial charge in [-0.3, -0.25) is 4.79 Å². The van der Waals surface area contributed by atoms with E-state index in [1.165, 1.54) is 18.4 Å². The van der Waals surface area contributed by atoms with E-state index in [0.29, 0.717) is 23.3 Å². The minimum absolute atomic E-state index is 0.0379. The first-order valence-corrected chi connectivity index (χ1v) is 8.18. The standard InChI is InChI=1S/C19H24N2O/c1-12(2)16-10-7-14(4)17-11-21(20-18(16)17)19(22)15-8-5-13(3)6-9-15/h5-6,8-9,11-12,14,16H,7,10H2,1-4H3/t14-,16-/m1/s1. The monoisotopic (exact) mass is 296 g/mol. The summed E-state index contributed by atoms with van der Waals surface area (Å²) < 4.78 is 1.55. The Morgan fingerprint density at radius 2 is 1.91 bits per heavy atom. The molecule has 3 nitrogen and oxygen atoms in total. The Labute approximate surface area is 132 Å². The Kier molecular flexibility index (Phi) is 3.90. The average molecular weight is 296 g/mol. The Bertz CT molecular complexity index is 682. The first-order chi connectivity index (χ1) is 10.5. The molecule has 116 valence electrons. The van der Waals surface area contributed by atoms with Crippen LogP contribution in [0, 0.1) is 12.8 Å². The van der Waals surface area contributed by atoms with Gasteiger partial charge in [0.15, 0.2) is 0 Å². The van der Waals surface area contributed by atoms with Crippen LogP contribution < -0.4 is 0 Å². The number of benzene rings is 1. The number of aryl methyl sites for hydroxylation is 1. The van der Waals surface area contributed by atoms with Crippen molar-refractivity contribution in [2.75, 3.05) is 0 Å². The molecule has 0 fully saturated rings. The summed E-state index contributed by atoms with van der Waals surface area (Å²) in [5, 5.41) is 4.67. The summed E-state index contributed by atoms with van der Waals surface area (Å²) in [7, 11) is 0. The molecular weight excluding hydrogens is 272 g/mol. The van der Waals surface area contributed by atoms with E-state index in [4.69, 9.17) is 0 Å². The van der Waals surface area contributed by atoms with E-state index in [1.807, 2.05) is 37.4 Å². The molecule has 0 bridgehead atoms. The SMILES string of the molecule is Cc1ccc(C(=O)n2cc3c(n2)[C@@H](C(C)C)CC[C@H]3C)cc1. The van der Waals surface area contributed by atoms with Gasteiger partial charge in [0.2, 0.25) is 0 Å². The van der Waals surface area contributed by atoms with Crippen molar-refractivity contribution in [2.24, 2.45) is 5.92 Å². The average Bonchev–Trinajstić information content (AvgIpc) is 2.93. The lowest BCUT2D eigenvalue weighted by molar-refractivity contribution is 0.0944. The number of rotatable bonds is 2. The molecule has 0 saturated carbocycles. The van der Waals surface area contributed by atoms with Crippen LogP contribution in [0.25, 0.3) is 0 Å². The number of carbonyl (C=O) groups is 1. The van der Waals surface area contributed by atoms with Crippen molar-refractivity contribution in [1.29, 1.82) is 0 Å². The summed E-state index contributed by atoms with van der Waals surface area (Å²) in [6, 6.07) is 7.69. The quantitative estimate of drug-likeness (QED) is 0.817. The van der Waals surface area contributed by atoms with Gasteiger partial charge in [0.05, 0.1) is 5.69 Å². The van der Waals surface area contributed by atoms with Crippen molar-refractivity contribution in [3.8, 4) is 0 Å². The molecule has 0 N–H and O–H groups in total. The van der Waals surface area contributed by atoms with E-state index < -0.39 is 0 Å². The fourth-order valence-corrected chi connectivity index (χ4v) is 3.37. The fourth-order valence-electron chi connectivity index (χ4n) is 3.37. The van der Waals surface area contributed by atoms with Crippen molar-refractivity contribution >= 4 is 5.91 Å². The number of nitrogens with zero attached hydrogens (tertiary/aromatic N) is 2. The molecular formula is C19H24N2O. The van der Waals surface area contributed by atoms with Crippen LogP contribution in [0.2, 0.25) is 0 Å². The predicted molar refractivity (Wildman–Crippen MR) is 88.4 cm³/mol. The number of aromatic nitrogens is 2. The molecule has 0 unspecified atom stereocenters. The van der Waals surface area contributed by atoms with E-state index >= 15 is 0 Å². The van der Waals surface area contributed by atoms with Crippen LogP contribution >= 0.6 is 0 Å². The van der Waals surface area contributed by atoms with Crippen LogP contribution in [-0.4, -0.2) is 15.7 Å². The summed E-state index contributed by atoms with van der Waals surface area (Å²) >= 11 is 0. The maximum absolute atomic E-state index is 12.7. The van der Waals surface area contributed by atoms with Crippen molar-refractivity contribution in [1.82, 2.24) is 9.78 Å². The second-order valence-electron chi connectivity index (χ2n) is 6.91. The minimum Gasteiger partial charge on any atom is -0.267 e. The highest BCUT2D eigenvalue weighted by Crippen LogP contribution is 2.41. The molecule has 1 aromatic heterocycles. The first-order valence-electron chi connectivity index (χ1n) is 8.18. The smallest absolute Gasteiger partial charge is 0.267 e. The van der Waals surface area contributed by atoms with Crippen LogP contribution in [0.5, 0.6) is 0 Å². The largest absolute Gasteiger partial charge is 0.278 e. The lowest BCUT2D eigenvalue weighted by Crippen LogP contribution is -2.17. The minimum atomic E-state index is -0.0379. The lowest BCUT2D eigenvalue weighted by atomic mass is 9.77. The molecule has 0 amide bonds. The summed E-state index contributed by atoms with van der Waals surface area (Å²) in [6.07, 6.45) is 4.30. The maximum Gasteiger partial charge on any atom is 0.278 e. The van der Waals surface area contributed by atoms with Gasteiger partial charge in [0.1, 0.15) is 0 Å². The first kappa shape index (κ1) is 15.0. The topological polar surface area (TPSA) is 34.9 Å². The third-order valence-corrected chi connectivity index (χ3v) is 4.88. The molecule has 0 saturated heterocycles. The van der Waals surface area contributed by atoms with Crippen LogP contribution in [0.15, 0.2) is 30.5 Å². The molecule has 3 heteroatoms. The Balaban J connectivity index is 1.98. The van der Waals surface area contributed by atoms with E-state index in [-0.39, 0.29) is 5.91 Å². The molecule has 0 aliphatic heterocycles. The van der Waals surface area contributed by atoms with Gasteiger partial charge in [-0.1, -0.05) is 38.5 Å². The highest BCUT2D eigenvalue weighted by Gasteiger charge is 2.31. The third kappa shape index (κ3) is 2.60. The van der Waals surface area contributed by atoms with Gasteiger partial charge in [-0.25, -0.2) is 4.68 Å². The zero-order valence-electron chi connectivity index (χ0n) is 13.8. The Hall–Kier alpha value is -1.90. The third-order valence-electron chi connectivity index (χ3n) is 4.88. The summed E-state index contributed by atoms with van der Waals surface area (Å²) in [5.41, 5.74) is 4.24. The van der Waals surface area contributed by atoms with E-state index in [0.717, 1.165) is 11.3 Å². The number of hydrogen-bond donors (Lipinski definition) is 0. The molecule has 0 radical (unpaired) electrons. The molecule has 3 rings (SSSR count). The lowest BCUT2D eigenvalue weighted by Gasteiger charge is -2.27. The van der Waals surface area contributed by atoms with Gasteiger partial charge >= 0.3 is 0 Å². The highest BCUT2D eigenvalue weighted by molar-refractivity contribution is 5.95. The van der Waals surface area contributed by atoms with Gasteiger partial charge in [-0.15, -0.1) is 0 Å². The van der Waals surface area contributed by atoms with Crippen LogP contribution in [0.4, 0.5) is 0 Å². The summed E-state index contributed by atoms with van der Waals surface area (Å²) in [6.45, 7) is 8.74. The van der Waals surface area contributed by atoms with Gasteiger partial charge in [0.25, 0.3) is 5.91 Å². The fraction of sp³-hybridized carbons (Fsp3) is 0.474. The molecule has 0 spiro atoms. The number of carbonyl (C=O) groups excluding carboxylic acids is 1. The van der Waals surface area contributed by atoms with Gasteiger partial charge in [-0.2, -0.15) is 5.10 Å². The van der Waals surface area contributed by atoms with Crippen LogP contribution in [0.1, 0.15) is 72.6 Å². The van der Waals surface area contributed by atoms with Crippen molar-refractivity contribution in [2.45, 2.75) is 52.4 Å².